The largest absolute Gasteiger partial charge is 0.384 e. The summed E-state index contributed by atoms with van der Waals surface area (Å²) in [6, 6.07) is 3.62. The van der Waals surface area contributed by atoms with Gasteiger partial charge in [-0.2, -0.15) is 4.72 Å². The second kappa shape index (κ2) is 6.52. The first kappa shape index (κ1) is 16.2. The highest BCUT2D eigenvalue weighted by atomic mass is 32.2. The maximum Gasteiger partial charge on any atom is 0.241 e. The van der Waals surface area contributed by atoms with Gasteiger partial charge in [0.2, 0.25) is 15.9 Å². The first-order valence-corrected chi connectivity index (χ1v) is 7.28. The number of primary amides is 1. The molecule has 1 aromatic carbocycles. The number of carbonyl (C=O) groups is 1. The third kappa shape index (κ3) is 4.06. The Hall–Kier alpha value is -1.88. The van der Waals surface area contributed by atoms with Gasteiger partial charge < -0.3 is 10.8 Å². The minimum absolute atomic E-state index is 0.0235. The number of hydrogen-bond donors (Lipinski definition) is 3. The van der Waals surface area contributed by atoms with Crippen molar-refractivity contribution in [3.05, 3.63) is 29.3 Å². The molecule has 0 aliphatic rings. The molecule has 0 saturated heterocycles. The summed E-state index contributed by atoms with van der Waals surface area (Å²) < 4.78 is 26.6. The molecule has 1 amide bonds. The molecule has 20 heavy (non-hydrogen) atoms. The normalized spacial score (nSPS) is 12.3. The average Bonchev–Trinajstić information content (AvgIpc) is 2.36. The Kier molecular flexibility index (Phi) is 5.27. The second-order valence-corrected chi connectivity index (χ2v) is 5.87. The number of amides is 1. The zero-order valence-corrected chi connectivity index (χ0v) is 12.0. The molecule has 1 aromatic rings. The number of nitrogens with two attached hydrogens (primary N) is 1. The van der Waals surface area contributed by atoms with Crippen molar-refractivity contribution in [1.29, 1.82) is 0 Å². The molecule has 0 saturated carbocycles. The van der Waals surface area contributed by atoms with Gasteiger partial charge in [0.1, 0.15) is 6.61 Å². The molecule has 0 radical (unpaired) electrons. The van der Waals surface area contributed by atoms with Crippen molar-refractivity contribution in [3.63, 3.8) is 0 Å². The number of aryl methyl sites for hydroxylation is 1. The fraction of sp³-hybridized carbons (Fsp3) is 0.308. The summed E-state index contributed by atoms with van der Waals surface area (Å²) in [6.45, 7) is 2.68. The Labute approximate surface area is 118 Å². The van der Waals surface area contributed by atoms with E-state index < -0.39 is 22.0 Å². The standard InChI is InChI=1S/C13H16N2O4S/c1-9-5-6-11(4-3-7-16)8-12(9)20(18,19)15-10(2)13(14)17/h5-6,8,10,15-16H,7H2,1-2H3,(H2,14,17). The smallest absolute Gasteiger partial charge is 0.241 e. The molecule has 0 spiro atoms. The summed E-state index contributed by atoms with van der Waals surface area (Å²) in [5, 5.41) is 8.64. The molecule has 7 heteroatoms. The highest BCUT2D eigenvalue weighted by Gasteiger charge is 2.22. The van der Waals surface area contributed by atoms with Crippen LogP contribution in [0, 0.1) is 18.8 Å². The van der Waals surface area contributed by atoms with Crippen LogP contribution in [0.3, 0.4) is 0 Å². The van der Waals surface area contributed by atoms with E-state index in [9.17, 15) is 13.2 Å². The third-order valence-electron chi connectivity index (χ3n) is 2.55. The molecular weight excluding hydrogens is 280 g/mol. The molecule has 0 aliphatic heterocycles. The summed E-state index contributed by atoms with van der Waals surface area (Å²) in [6.07, 6.45) is 0. The van der Waals surface area contributed by atoms with Crippen molar-refractivity contribution in [2.24, 2.45) is 5.73 Å². The van der Waals surface area contributed by atoms with Gasteiger partial charge in [0.15, 0.2) is 0 Å². The minimum atomic E-state index is -3.86. The second-order valence-electron chi connectivity index (χ2n) is 4.19. The van der Waals surface area contributed by atoms with E-state index in [2.05, 4.69) is 16.6 Å². The molecule has 0 fully saturated rings. The third-order valence-corrected chi connectivity index (χ3v) is 4.23. The summed E-state index contributed by atoms with van der Waals surface area (Å²) in [5.74, 6) is 4.30. The van der Waals surface area contributed by atoms with Crippen molar-refractivity contribution in [2.75, 3.05) is 6.61 Å². The van der Waals surface area contributed by atoms with Crippen molar-refractivity contribution < 1.29 is 18.3 Å². The van der Waals surface area contributed by atoms with Crippen LogP contribution in [-0.2, 0) is 14.8 Å². The molecule has 108 valence electrons. The first-order valence-electron chi connectivity index (χ1n) is 5.80. The number of carbonyl (C=O) groups excluding carboxylic acids is 1. The maximum absolute atomic E-state index is 12.2. The topological polar surface area (TPSA) is 109 Å². The zero-order valence-electron chi connectivity index (χ0n) is 11.2. The molecule has 0 aromatic heterocycles. The van der Waals surface area contributed by atoms with Crippen LogP contribution in [0.4, 0.5) is 0 Å². The van der Waals surface area contributed by atoms with Gasteiger partial charge >= 0.3 is 0 Å². The molecule has 0 aliphatic carbocycles. The average molecular weight is 296 g/mol. The fourth-order valence-corrected chi connectivity index (χ4v) is 2.95. The van der Waals surface area contributed by atoms with Gasteiger partial charge in [-0.25, -0.2) is 8.42 Å². The molecule has 1 rings (SSSR count). The number of rotatable bonds is 4. The van der Waals surface area contributed by atoms with E-state index in [1.165, 1.54) is 13.0 Å². The van der Waals surface area contributed by atoms with Gasteiger partial charge in [-0.1, -0.05) is 17.9 Å². The monoisotopic (exact) mass is 296 g/mol. The molecule has 4 N–H and O–H groups in total. The van der Waals surface area contributed by atoms with Crippen molar-refractivity contribution in [2.45, 2.75) is 24.8 Å². The van der Waals surface area contributed by atoms with Crippen LogP contribution >= 0.6 is 0 Å². The van der Waals surface area contributed by atoms with Gasteiger partial charge in [0, 0.05) is 5.56 Å². The number of aliphatic hydroxyl groups is 1. The van der Waals surface area contributed by atoms with E-state index in [-0.39, 0.29) is 11.5 Å². The van der Waals surface area contributed by atoms with Crippen molar-refractivity contribution in [3.8, 4) is 11.8 Å². The Morgan fingerprint density at radius 1 is 1.50 bits per heavy atom. The van der Waals surface area contributed by atoms with E-state index in [0.717, 1.165) is 0 Å². The Morgan fingerprint density at radius 3 is 2.70 bits per heavy atom. The van der Waals surface area contributed by atoms with Crippen LogP contribution in [0.2, 0.25) is 0 Å². The van der Waals surface area contributed by atoms with Crippen molar-refractivity contribution in [1.82, 2.24) is 4.72 Å². The number of aliphatic hydroxyl groups excluding tert-OH is 1. The summed E-state index contributed by atoms with van der Waals surface area (Å²) in [5.41, 5.74) is 6.01. The fourth-order valence-electron chi connectivity index (χ4n) is 1.46. The predicted octanol–water partition coefficient (Wildman–Crippen LogP) is -0.509. The zero-order chi connectivity index (χ0) is 15.3. The van der Waals surface area contributed by atoms with Gasteiger partial charge in [-0.15, -0.1) is 0 Å². The van der Waals surface area contributed by atoms with Crippen molar-refractivity contribution >= 4 is 15.9 Å². The van der Waals surface area contributed by atoms with Crippen LogP contribution in [0.25, 0.3) is 0 Å². The summed E-state index contributed by atoms with van der Waals surface area (Å²) in [4.78, 5) is 11.0. The Morgan fingerprint density at radius 2 is 2.15 bits per heavy atom. The van der Waals surface area contributed by atoms with Gasteiger partial charge in [-0.3, -0.25) is 4.79 Å². The number of hydrogen-bond acceptors (Lipinski definition) is 4. The Bertz CT molecular complexity index is 671. The lowest BCUT2D eigenvalue weighted by molar-refractivity contribution is -0.119. The summed E-state index contributed by atoms with van der Waals surface area (Å²) >= 11 is 0. The highest BCUT2D eigenvalue weighted by molar-refractivity contribution is 7.89. The SMILES string of the molecule is Cc1ccc(C#CCO)cc1S(=O)(=O)NC(C)C(N)=O. The quantitative estimate of drug-likeness (QED) is 0.650. The lowest BCUT2D eigenvalue weighted by Crippen LogP contribution is -2.42. The van der Waals surface area contributed by atoms with Crippen LogP contribution in [-0.4, -0.2) is 32.1 Å². The number of sulfonamides is 1. The summed E-state index contributed by atoms with van der Waals surface area (Å²) in [7, 11) is -3.86. The first-order chi connectivity index (χ1) is 9.27. The molecule has 1 atom stereocenters. The van der Waals surface area contributed by atoms with E-state index in [1.54, 1.807) is 19.1 Å². The maximum atomic E-state index is 12.2. The molecule has 6 nitrogen and oxygen atoms in total. The lowest BCUT2D eigenvalue weighted by atomic mass is 10.1. The lowest BCUT2D eigenvalue weighted by Gasteiger charge is -2.13. The van der Waals surface area contributed by atoms with Gasteiger partial charge in [0.05, 0.1) is 10.9 Å². The van der Waals surface area contributed by atoms with Crippen LogP contribution in [0.15, 0.2) is 23.1 Å². The van der Waals surface area contributed by atoms with Crippen LogP contribution in [0.1, 0.15) is 18.1 Å². The highest BCUT2D eigenvalue weighted by Crippen LogP contribution is 2.17. The Balaban J connectivity index is 3.20. The predicted molar refractivity (Wildman–Crippen MR) is 74.1 cm³/mol. The molecule has 0 heterocycles. The van der Waals surface area contributed by atoms with Crippen LogP contribution in [0.5, 0.6) is 0 Å². The van der Waals surface area contributed by atoms with Gasteiger partial charge in [0.25, 0.3) is 0 Å². The number of nitrogens with one attached hydrogen (secondary N) is 1. The molecule has 0 bridgehead atoms. The van der Waals surface area contributed by atoms with E-state index in [4.69, 9.17) is 10.8 Å². The minimum Gasteiger partial charge on any atom is -0.384 e. The van der Waals surface area contributed by atoms with Crippen LogP contribution < -0.4 is 10.5 Å². The van der Waals surface area contributed by atoms with E-state index >= 15 is 0 Å². The molecule has 1 unspecified atom stereocenters. The van der Waals surface area contributed by atoms with Gasteiger partial charge in [-0.05, 0) is 31.5 Å². The number of benzene rings is 1. The molecular formula is C13H16N2O4S. The van der Waals surface area contributed by atoms with E-state index in [1.807, 2.05) is 0 Å². The van der Waals surface area contributed by atoms with E-state index in [0.29, 0.717) is 11.1 Å².